The molecule has 40 heavy (non-hydrogen) atoms. The molecule has 0 aliphatic carbocycles. The lowest BCUT2D eigenvalue weighted by Gasteiger charge is -2.21. The molecule has 0 bridgehead atoms. The van der Waals surface area contributed by atoms with E-state index in [1.54, 1.807) is 24.5 Å². The maximum absolute atomic E-state index is 13.7. The molecule has 3 N–H and O–H groups in total. The van der Waals surface area contributed by atoms with Gasteiger partial charge in [-0.2, -0.15) is 13.9 Å². The number of aromatic nitrogens is 3. The number of alkyl halides is 2. The van der Waals surface area contributed by atoms with Gasteiger partial charge in [0, 0.05) is 55.1 Å². The number of primary amides is 1. The fourth-order valence-electron chi connectivity index (χ4n) is 5.13. The standard InChI is InChI=1S/C28H33F2N5O5/c1-16(2)40-24-10-21-20(9-22(24)25(31)36)23(13-32-26(21)39-15-19-11-28(29,30)27(37)34-19)18-12-33-35(14-18)6-3-17-4-7-38-8-5-17/h9-10,12-14,16-17,19H,3-8,11,15H2,1-2H3,(H2,31,36)(H,34,37). The van der Waals surface area contributed by atoms with E-state index in [1.165, 1.54) is 0 Å². The van der Waals surface area contributed by atoms with Gasteiger partial charge in [-0.1, -0.05) is 0 Å². The maximum Gasteiger partial charge on any atom is 0.326 e. The number of benzene rings is 1. The lowest BCUT2D eigenvalue weighted by molar-refractivity contribution is -0.139. The number of hydrogen-bond acceptors (Lipinski definition) is 7. The van der Waals surface area contributed by atoms with Crippen LogP contribution < -0.4 is 20.5 Å². The maximum atomic E-state index is 13.7. The van der Waals surface area contributed by atoms with Crippen molar-refractivity contribution >= 4 is 22.6 Å². The van der Waals surface area contributed by atoms with Crippen LogP contribution in [0.1, 0.15) is 49.9 Å². The van der Waals surface area contributed by atoms with E-state index in [0.29, 0.717) is 22.3 Å². The van der Waals surface area contributed by atoms with Gasteiger partial charge in [0.2, 0.25) is 5.88 Å². The molecule has 5 rings (SSSR count). The van der Waals surface area contributed by atoms with E-state index >= 15 is 0 Å². The first-order chi connectivity index (χ1) is 19.1. The zero-order chi connectivity index (χ0) is 28.4. The Morgan fingerprint density at radius 2 is 2.02 bits per heavy atom. The van der Waals surface area contributed by atoms with Gasteiger partial charge in [0.25, 0.3) is 11.8 Å². The van der Waals surface area contributed by atoms with Crippen molar-refractivity contribution in [2.24, 2.45) is 11.7 Å². The molecule has 1 unspecified atom stereocenters. The predicted molar refractivity (Wildman–Crippen MR) is 142 cm³/mol. The Bertz CT molecular complexity index is 1400. The topological polar surface area (TPSA) is 131 Å². The normalized spacial score (nSPS) is 19.2. The molecule has 12 heteroatoms. The zero-order valence-electron chi connectivity index (χ0n) is 22.5. The quantitative estimate of drug-likeness (QED) is 0.389. The molecule has 2 aromatic heterocycles. The average molecular weight is 558 g/mol. The fourth-order valence-corrected chi connectivity index (χ4v) is 5.13. The van der Waals surface area contributed by atoms with Crippen molar-refractivity contribution in [3.63, 3.8) is 0 Å². The largest absolute Gasteiger partial charge is 0.490 e. The number of halogens is 2. The van der Waals surface area contributed by atoms with Gasteiger partial charge in [-0.05, 0) is 56.5 Å². The van der Waals surface area contributed by atoms with Gasteiger partial charge >= 0.3 is 5.92 Å². The SMILES string of the molecule is CC(C)Oc1cc2c(OCC3CC(F)(F)C(=O)N3)ncc(-c3cnn(CCC4CCOCC4)c3)c2cc1C(N)=O. The van der Waals surface area contributed by atoms with E-state index in [9.17, 15) is 18.4 Å². The van der Waals surface area contributed by atoms with Crippen LogP contribution in [-0.4, -0.2) is 64.5 Å². The van der Waals surface area contributed by atoms with Crippen LogP contribution in [-0.2, 0) is 16.1 Å². The summed E-state index contributed by atoms with van der Waals surface area (Å²) in [6.07, 6.45) is 7.42. The van der Waals surface area contributed by atoms with Crippen molar-refractivity contribution in [2.45, 2.75) is 64.1 Å². The van der Waals surface area contributed by atoms with Crippen LogP contribution in [0.15, 0.2) is 30.7 Å². The third-order valence-corrected chi connectivity index (χ3v) is 7.22. The lowest BCUT2D eigenvalue weighted by Crippen LogP contribution is -2.33. The number of carbonyl (C=O) groups is 2. The Morgan fingerprint density at radius 3 is 2.70 bits per heavy atom. The Balaban J connectivity index is 1.47. The summed E-state index contributed by atoms with van der Waals surface area (Å²) in [4.78, 5) is 28.4. The molecule has 2 aliphatic rings. The summed E-state index contributed by atoms with van der Waals surface area (Å²) in [6.45, 7) is 5.78. The highest BCUT2D eigenvalue weighted by Gasteiger charge is 2.48. The highest BCUT2D eigenvalue weighted by atomic mass is 19.3. The van der Waals surface area contributed by atoms with Crippen LogP contribution in [0, 0.1) is 5.92 Å². The Labute approximate surface area is 230 Å². The first-order valence-electron chi connectivity index (χ1n) is 13.5. The first-order valence-corrected chi connectivity index (χ1v) is 13.5. The number of nitrogens with one attached hydrogen (secondary N) is 1. The summed E-state index contributed by atoms with van der Waals surface area (Å²) in [5.74, 6) is -4.41. The number of hydrogen-bond donors (Lipinski definition) is 2. The number of nitrogens with two attached hydrogens (primary N) is 1. The first kappa shape index (κ1) is 27.8. The van der Waals surface area contributed by atoms with E-state index in [0.717, 1.165) is 44.6 Å². The van der Waals surface area contributed by atoms with Gasteiger partial charge in [0.15, 0.2) is 0 Å². The number of nitrogens with zero attached hydrogens (tertiary/aromatic N) is 3. The minimum absolute atomic E-state index is 0.153. The number of rotatable bonds is 10. The van der Waals surface area contributed by atoms with Gasteiger partial charge < -0.3 is 25.3 Å². The second-order valence-corrected chi connectivity index (χ2v) is 10.6. The Morgan fingerprint density at radius 1 is 1.25 bits per heavy atom. The molecule has 3 aromatic rings. The summed E-state index contributed by atoms with van der Waals surface area (Å²) in [5.41, 5.74) is 7.37. The molecule has 0 spiro atoms. The molecule has 1 atom stereocenters. The second kappa shape index (κ2) is 11.4. The van der Waals surface area contributed by atoms with Crippen LogP contribution in [0.2, 0.25) is 0 Å². The monoisotopic (exact) mass is 557 g/mol. The summed E-state index contributed by atoms with van der Waals surface area (Å²) in [6, 6.07) is 2.38. The van der Waals surface area contributed by atoms with Gasteiger partial charge in [0.05, 0.1) is 23.9 Å². The van der Waals surface area contributed by atoms with Crippen LogP contribution in [0.25, 0.3) is 21.9 Å². The third-order valence-electron chi connectivity index (χ3n) is 7.22. The Kier molecular flexibility index (Phi) is 7.88. The van der Waals surface area contributed by atoms with Gasteiger partial charge in [0.1, 0.15) is 12.4 Å². The molecule has 2 amide bonds. The molecule has 0 radical (unpaired) electrons. The molecule has 2 fully saturated rings. The molecule has 2 saturated heterocycles. The van der Waals surface area contributed by atoms with Crippen molar-refractivity contribution < 1.29 is 32.6 Å². The molecule has 10 nitrogen and oxygen atoms in total. The van der Waals surface area contributed by atoms with Gasteiger partial charge in [-0.15, -0.1) is 0 Å². The lowest BCUT2D eigenvalue weighted by atomic mass is 9.97. The van der Waals surface area contributed by atoms with Crippen molar-refractivity contribution in [1.82, 2.24) is 20.1 Å². The van der Waals surface area contributed by atoms with Gasteiger partial charge in [-0.25, -0.2) is 4.98 Å². The number of aryl methyl sites for hydroxylation is 1. The molecule has 0 saturated carbocycles. The van der Waals surface area contributed by atoms with Crippen LogP contribution >= 0.6 is 0 Å². The number of fused-ring (bicyclic) bond motifs is 1. The fraction of sp³-hybridized carbons (Fsp3) is 0.500. The Hall–Kier alpha value is -3.80. The van der Waals surface area contributed by atoms with Crippen molar-refractivity contribution in [1.29, 1.82) is 0 Å². The van der Waals surface area contributed by atoms with E-state index in [4.69, 9.17) is 19.9 Å². The van der Waals surface area contributed by atoms with Crippen LogP contribution in [0.3, 0.4) is 0 Å². The van der Waals surface area contributed by atoms with Gasteiger partial charge in [-0.3, -0.25) is 14.3 Å². The molecular formula is C28H33F2N5O5. The number of pyridine rings is 1. The molecule has 214 valence electrons. The van der Waals surface area contributed by atoms with Crippen LogP contribution in [0.5, 0.6) is 11.6 Å². The number of amides is 2. The highest BCUT2D eigenvalue weighted by molar-refractivity contribution is 6.06. The molecule has 1 aromatic carbocycles. The summed E-state index contributed by atoms with van der Waals surface area (Å²) in [5, 5.41) is 7.90. The highest BCUT2D eigenvalue weighted by Crippen LogP contribution is 2.38. The van der Waals surface area contributed by atoms with E-state index in [2.05, 4.69) is 15.4 Å². The predicted octanol–water partition coefficient (Wildman–Crippen LogP) is 3.70. The summed E-state index contributed by atoms with van der Waals surface area (Å²) in [7, 11) is 0. The minimum atomic E-state index is -3.44. The average Bonchev–Trinajstić information content (AvgIpc) is 3.48. The second-order valence-electron chi connectivity index (χ2n) is 10.6. The van der Waals surface area contributed by atoms with E-state index in [1.807, 2.05) is 24.7 Å². The van der Waals surface area contributed by atoms with Crippen molar-refractivity contribution in [2.75, 3.05) is 19.8 Å². The van der Waals surface area contributed by atoms with E-state index < -0.39 is 30.2 Å². The van der Waals surface area contributed by atoms with Crippen molar-refractivity contribution in [3.05, 3.63) is 36.3 Å². The smallest absolute Gasteiger partial charge is 0.326 e. The van der Waals surface area contributed by atoms with E-state index in [-0.39, 0.29) is 29.9 Å². The molecular weight excluding hydrogens is 524 g/mol. The summed E-state index contributed by atoms with van der Waals surface area (Å²) >= 11 is 0. The number of carbonyl (C=O) groups excluding carboxylic acids is 2. The summed E-state index contributed by atoms with van der Waals surface area (Å²) < 4.78 is 46.5. The molecule has 4 heterocycles. The third kappa shape index (κ3) is 6.01. The molecule has 2 aliphatic heterocycles. The van der Waals surface area contributed by atoms with Crippen LogP contribution in [0.4, 0.5) is 8.78 Å². The minimum Gasteiger partial charge on any atom is -0.490 e. The van der Waals surface area contributed by atoms with Crippen molar-refractivity contribution in [3.8, 4) is 22.8 Å². The zero-order valence-corrected chi connectivity index (χ0v) is 22.5. The number of ether oxygens (including phenoxy) is 3.